The lowest BCUT2D eigenvalue weighted by Crippen LogP contribution is -1.99. The SMILES string of the molecule is COc1ccc(CCc2cnc3c(N)nc4cc(C=CC(=O)O)ccc4c3c2)c(C)c1. The van der Waals surface area contributed by atoms with E-state index in [-0.39, 0.29) is 0 Å². The molecule has 0 amide bonds. The Morgan fingerprint density at radius 1 is 1.13 bits per heavy atom. The quantitative estimate of drug-likeness (QED) is 0.355. The topological polar surface area (TPSA) is 98.3 Å². The maximum Gasteiger partial charge on any atom is 0.328 e. The van der Waals surface area contributed by atoms with Crippen molar-refractivity contribution in [2.24, 2.45) is 0 Å². The van der Waals surface area contributed by atoms with Crippen LogP contribution in [0.3, 0.4) is 0 Å². The number of hydrogen-bond acceptors (Lipinski definition) is 5. The Hall–Kier alpha value is -3.93. The molecule has 0 saturated heterocycles. The number of anilines is 1. The van der Waals surface area contributed by atoms with Gasteiger partial charge in [-0.3, -0.25) is 4.98 Å². The number of fused-ring (bicyclic) bond motifs is 3. The van der Waals surface area contributed by atoms with Crippen LogP contribution in [0.2, 0.25) is 0 Å². The van der Waals surface area contributed by atoms with E-state index >= 15 is 0 Å². The van der Waals surface area contributed by atoms with E-state index in [0.717, 1.165) is 46.6 Å². The van der Waals surface area contributed by atoms with E-state index < -0.39 is 5.97 Å². The third kappa shape index (κ3) is 4.33. The van der Waals surface area contributed by atoms with Crippen LogP contribution in [0.25, 0.3) is 27.9 Å². The summed E-state index contributed by atoms with van der Waals surface area (Å²) < 4.78 is 5.29. The van der Waals surface area contributed by atoms with Gasteiger partial charge in [0.2, 0.25) is 0 Å². The van der Waals surface area contributed by atoms with Crippen molar-refractivity contribution in [2.75, 3.05) is 12.8 Å². The minimum absolute atomic E-state index is 0.361. The molecule has 6 heteroatoms. The molecule has 156 valence electrons. The zero-order valence-corrected chi connectivity index (χ0v) is 17.4. The van der Waals surface area contributed by atoms with Gasteiger partial charge in [-0.25, -0.2) is 9.78 Å². The fraction of sp³-hybridized carbons (Fsp3) is 0.160. The molecule has 0 spiro atoms. The van der Waals surface area contributed by atoms with Gasteiger partial charge in [-0.1, -0.05) is 18.2 Å². The highest BCUT2D eigenvalue weighted by molar-refractivity contribution is 6.08. The number of carbonyl (C=O) groups is 1. The summed E-state index contributed by atoms with van der Waals surface area (Å²) in [5, 5.41) is 10.7. The molecule has 6 nitrogen and oxygen atoms in total. The lowest BCUT2D eigenvalue weighted by Gasteiger charge is -2.10. The largest absolute Gasteiger partial charge is 0.497 e. The minimum atomic E-state index is -0.993. The van der Waals surface area contributed by atoms with Crippen molar-refractivity contribution in [1.82, 2.24) is 9.97 Å². The van der Waals surface area contributed by atoms with E-state index in [9.17, 15) is 4.79 Å². The van der Waals surface area contributed by atoms with Crippen LogP contribution in [-0.2, 0) is 17.6 Å². The molecule has 4 aromatic rings. The Balaban J connectivity index is 1.68. The van der Waals surface area contributed by atoms with E-state index in [1.165, 1.54) is 17.2 Å². The predicted octanol–water partition coefficient (Wildman–Crippen LogP) is 4.57. The van der Waals surface area contributed by atoms with Crippen LogP contribution in [0, 0.1) is 6.92 Å². The maximum absolute atomic E-state index is 10.8. The number of carboxylic acid groups (broad SMARTS) is 1. The zero-order chi connectivity index (χ0) is 22.0. The summed E-state index contributed by atoms with van der Waals surface area (Å²) in [4.78, 5) is 19.8. The summed E-state index contributed by atoms with van der Waals surface area (Å²) in [7, 11) is 1.67. The molecule has 0 aliphatic rings. The molecule has 0 saturated carbocycles. The molecular formula is C25H23N3O3. The van der Waals surface area contributed by atoms with Crippen molar-refractivity contribution in [3.8, 4) is 5.75 Å². The molecule has 2 heterocycles. The average Bonchev–Trinajstić information content (AvgIpc) is 2.76. The third-order valence-corrected chi connectivity index (χ3v) is 5.39. The predicted molar refractivity (Wildman–Crippen MR) is 123 cm³/mol. The molecule has 0 bridgehead atoms. The van der Waals surface area contributed by atoms with Gasteiger partial charge in [0.15, 0.2) is 5.82 Å². The number of methoxy groups -OCH3 is 1. The molecule has 4 rings (SSSR count). The number of aromatic nitrogens is 2. The minimum Gasteiger partial charge on any atom is -0.497 e. The van der Waals surface area contributed by atoms with E-state index in [2.05, 4.69) is 29.0 Å². The summed E-state index contributed by atoms with van der Waals surface area (Å²) in [5.74, 6) is 0.229. The van der Waals surface area contributed by atoms with Crippen LogP contribution in [0.15, 0.2) is 54.7 Å². The Morgan fingerprint density at radius 3 is 2.71 bits per heavy atom. The Kier molecular flexibility index (Phi) is 5.54. The highest BCUT2D eigenvalue weighted by atomic mass is 16.5. The smallest absolute Gasteiger partial charge is 0.328 e. The molecule has 0 unspecified atom stereocenters. The summed E-state index contributed by atoms with van der Waals surface area (Å²) in [5.41, 5.74) is 11.9. The van der Waals surface area contributed by atoms with E-state index in [1.54, 1.807) is 7.11 Å². The Bertz CT molecular complexity index is 1330. The molecule has 0 aliphatic carbocycles. The molecule has 2 aromatic carbocycles. The summed E-state index contributed by atoms with van der Waals surface area (Å²) in [6.07, 6.45) is 6.24. The van der Waals surface area contributed by atoms with E-state index in [0.29, 0.717) is 16.9 Å². The average molecular weight is 413 g/mol. The highest BCUT2D eigenvalue weighted by Gasteiger charge is 2.10. The van der Waals surface area contributed by atoms with Crippen LogP contribution >= 0.6 is 0 Å². The second-order valence-corrected chi connectivity index (χ2v) is 7.48. The summed E-state index contributed by atoms with van der Waals surface area (Å²) in [6, 6.07) is 13.9. The van der Waals surface area contributed by atoms with E-state index in [1.807, 2.05) is 36.5 Å². The molecule has 31 heavy (non-hydrogen) atoms. The first-order valence-electron chi connectivity index (χ1n) is 9.97. The number of nitrogen functional groups attached to an aromatic ring is 1. The number of aryl methyl sites for hydroxylation is 3. The van der Waals surface area contributed by atoms with Gasteiger partial charge in [0.1, 0.15) is 11.3 Å². The standard InChI is InChI=1S/C25H23N3O3/c1-15-11-19(31-2)8-7-18(15)6-3-17-12-21-20-9-4-16(5-10-23(29)30)13-22(20)28-25(26)24(21)27-14-17/h4-5,7-14H,3,6H2,1-2H3,(H2,26,28)(H,29,30). The van der Waals surface area contributed by atoms with Crippen molar-refractivity contribution in [3.63, 3.8) is 0 Å². The van der Waals surface area contributed by atoms with Gasteiger partial charge in [0.05, 0.1) is 12.6 Å². The molecule has 0 atom stereocenters. The van der Waals surface area contributed by atoms with Crippen molar-refractivity contribution >= 4 is 39.7 Å². The molecular weight excluding hydrogens is 390 g/mol. The number of carboxylic acids is 1. The van der Waals surface area contributed by atoms with Crippen molar-refractivity contribution < 1.29 is 14.6 Å². The number of nitrogens with two attached hydrogens (primary N) is 1. The van der Waals surface area contributed by atoms with Gasteiger partial charge in [-0.2, -0.15) is 0 Å². The van der Waals surface area contributed by atoms with Gasteiger partial charge in [0.25, 0.3) is 0 Å². The first-order chi connectivity index (χ1) is 14.9. The first kappa shape index (κ1) is 20.3. The normalized spacial score (nSPS) is 11.4. The number of rotatable bonds is 6. The number of pyridine rings is 2. The van der Waals surface area contributed by atoms with Crippen LogP contribution in [0.5, 0.6) is 5.75 Å². The van der Waals surface area contributed by atoms with Gasteiger partial charge in [0, 0.05) is 23.0 Å². The Morgan fingerprint density at radius 2 is 1.97 bits per heavy atom. The van der Waals surface area contributed by atoms with Crippen LogP contribution in [0.4, 0.5) is 5.82 Å². The number of aliphatic carboxylic acids is 1. The molecule has 0 radical (unpaired) electrons. The van der Waals surface area contributed by atoms with E-state index in [4.69, 9.17) is 15.6 Å². The molecule has 0 fully saturated rings. The van der Waals surface area contributed by atoms with Crippen molar-refractivity contribution in [2.45, 2.75) is 19.8 Å². The third-order valence-electron chi connectivity index (χ3n) is 5.39. The first-order valence-corrected chi connectivity index (χ1v) is 9.97. The number of hydrogen-bond donors (Lipinski definition) is 2. The second-order valence-electron chi connectivity index (χ2n) is 7.48. The molecule has 0 aliphatic heterocycles. The molecule has 3 N–H and O–H groups in total. The fourth-order valence-electron chi connectivity index (χ4n) is 3.73. The van der Waals surface area contributed by atoms with Crippen LogP contribution in [-0.4, -0.2) is 28.2 Å². The van der Waals surface area contributed by atoms with Gasteiger partial charge < -0.3 is 15.6 Å². The summed E-state index contributed by atoms with van der Waals surface area (Å²) in [6.45, 7) is 2.09. The van der Waals surface area contributed by atoms with Crippen molar-refractivity contribution in [1.29, 1.82) is 0 Å². The number of nitrogens with zero attached hydrogens (tertiary/aromatic N) is 2. The number of benzene rings is 2. The van der Waals surface area contributed by atoms with Crippen LogP contribution in [0.1, 0.15) is 22.3 Å². The molecule has 2 aromatic heterocycles. The highest BCUT2D eigenvalue weighted by Crippen LogP contribution is 2.28. The van der Waals surface area contributed by atoms with Gasteiger partial charge in [-0.05, 0) is 72.4 Å². The fourth-order valence-corrected chi connectivity index (χ4v) is 3.73. The maximum atomic E-state index is 10.8. The second kappa shape index (κ2) is 8.44. The Labute approximate surface area is 180 Å². The van der Waals surface area contributed by atoms with Crippen molar-refractivity contribution in [3.05, 3.63) is 77.0 Å². The lowest BCUT2D eigenvalue weighted by atomic mass is 9.99. The van der Waals surface area contributed by atoms with Crippen LogP contribution < -0.4 is 10.5 Å². The lowest BCUT2D eigenvalue weighted by molar-refractivity contribution is -0.131. The summed E-state index contributed by atoms with van der Waals surface area (Å²) >= 11 is 0. The van der Waals surface area contributed by atoms with Gasteiger partial charge >= 0.3 is 5.97 Å². The van der Waals surface area contributed by atoms with Gasteiger partial charge in [-0.15, -0.1) is 0 Å². The monoisotopic (exact) mass is 413 g/mol. The number of ether oxygens (including phenoxy) is 1. The zero-order valence-electron chi connectivity index (χ0n) is 17.4.